The van der Waals surface area contributed by atoms with E-state index in [4.69, 9.17) is 23.2 Å². The number of carbonyl (C=O) groups is 2. The summed E-state index contributed by atoms with van der Waals surface area (Å²) in [4.78, 5) is 27.2. The molecule has 0 saturated heterocycles. The molecule has 1 unspecified atom stereocenters. The maximum atomic E-state index is 13.3. The van der Waals surface area contributed by atoms with Gasteiger partial charge in [-0.2, -0.15) is 0 Å². The number of carbonyl (C=O) groups excluding carboxylic acids is 2. The third-order valence-corrected chi connectivity index (χ3v) is 6.82. The molecule has 0 aromatic heterocycles. The van der Waals surface area contributed by atoms with E-state index >= 15 is 0 Å². The molecule has 2 rings (SSSR count). The second-order valence-electron chi connectivity index (χ2n) is 7.24. The minimum absolute atomic E-state index is 0.0278. The first kappa shape index (κ1) is 26.0. The molecule has 0 bridgehead atoms. The van der Waals surface area contributed by atoms with Crippen molar-refractivity contribution in [2.75, 3.05) is 30.2 Å². The monoisotopic (exact) mass is 499 g/mol. The molecule has 1 atom stereocenters. The lowest BCUT2D eigenvalue weighted by Crippen LogP contribution is -2.52. The molecule has 2 amide bonds. The van der Waals surface area contributed by atoms with Crippen LogP contribution in [0.4, 0.5) is 5.69 Å². The topological polar surface area (TPSA) is 86.8 Å². The first-order valence-electron chi connectivity index (χ1n) is 10.1. The summed E-state index contributed by atoms with van der Waals surface area (Å²) < 4.78 is 25.9. The fraction of sp³-hybridized carbons (Fsp3) is 0.364. The summed E-state index contributed by atoms with van der Waals surface area (Å²) in [6, 6.07) is 13.3. The Kier molecular flexibility index (Phi) is 9.36. The molecule has 0 fully saturated rings. The van der Waals surface area contributed by atoms with Gasteiger partial charge in [-0.25, -0.2) is 8.42 Å². The van der Waals surface area contributed by atoms with Gasteiger partial charge in [-0.15, -0.1) is 0 Å². The summed E-state index contributed by atoms with van der Waals surface area (Å²) in [5.74, 6) is -0.846. The van der Waals surface area contributed by atoms with Gasteiger partial charge in [0.1, 0.15) is 12.6 Å². The largest absolute Gasteiger partial charge is 0.355 e. The average molecular weight is 500 g/mol. The Morgan fingerprint density at radius 1 is 1.06 bits per heavy atom. The Morgan fingerprint density at radius 3 is 2.31 bits per heavy atom. The van der Waals surface area contributed by atoms with Crippen LogP contribution < -0.4 is 9.62 Å². The maximum Gasteiger partial charge on any atom is 0.244 e. The maximum absolute atomic E-state index is 13.3. The number of anilines is 1. The van der Waals surface area contributed by atoms with Crippen molar-refractivity contribution in [3.05, 3.63) is 64.1 Å². The number of nitrogens with zero attached hydrogens (tertiary/aromatic N) is 2. The predicted molar refractivity (Wildman–Crippen MR) is 129 cm³/mol. The van der Waals surface area contributed by atoms with Gasteiger partial charge in [0.15, 0.2) is 0 Å². The number of amides is 2. The third kappa shape index (κ3) is 6.85. The van der Waals surface area contributed by atoms with Crippen molar-refractivity contribution in [1.29, 1.82) is 0 Å². The van der Waals surface area contributed by atoms with Crippen molar-refractivity contribution >= 4 is 50.7 Å². The molecule has 0 aliphatic carbocycles. The Hall–Kier alpha value is -2.29. The molecule has 0 radical (unpaired) electrons. The van der Waals surface area contributed by atoms with Gasteiger partial charge in [0, 0.05) is 13.1 Å². The molecule has 174 valence electrons. The van der Waals surface area contributed by atoms with Crippen LogP contribution in [0.3, 0.4) is 0 Å². The van der Waals surface area contributed by atoms with Crippen molar-refractivity contribution in [3.63, 3.8) is 0 Å². The van der Waals surface area contributed by atoms with Gasteiger partial charge in [0.05, 0.1) is 22.0 Å². The highest BCUT2D eigenvalue weighted by Gasteiger charge is 2.30. The van der Waals surface area contributed by atoms with Crippen molar-refractivity contribution in [2.24, 2.45) is 0 Å². The number of likely N-dealkylation sites (N-methyl/N-ethyl adjacent to an activating group) is 1. The average Bonchev–Trinajstić information content (AvgIpc) is 2.74. The Bertz CT molecular complexity index is 1050. The van der Waals surface area contributed by atoms with E-state index in [0.29, 0.717) is 13.0 Å². The lowest BCUT2D eigenvalue weighted by Gasteiger charge is -2.31. The van der Waals surface area contributed by atoms with Crippen molar-refractivity contribution in [2.45, 2.75) is 26.3 Å². The quantitative estimate of drug-likeness (QED) is 0.542. The Balaban J connectivity index is 2.34. The van der Waals surface area contributed by atoms with Crippen LogP contribution in [0.1, 0.15) is 19.4 Å². The number of nitrogens with one attached hydrogen (secondary N) is 1. The first-order chi connectivity index (χ1) is 15.1. The number of hydrogen-bond donors (Lipinski definition) is 1. The Morgan fingerprint density at radius 2 is 1.72 bits per heavy atom. The lowest BCUT2D eigenvalue weighted by atomic mass is 10.1. The lowest BCUT2D eigenvalue weighted by molar-refractivity contribution is -0.138. The minimum Gasteiger partial charge on any atom is -0.355 e. The van der Waals surface area contributed by atoms with Crippen molar-refractivity contribution in [3.8, 4) is 0 Å². The Labute approximate surface area is 199 Å². The summed E-state index contributed by atoms with van der Waals surface area (Å²) >= 11 is 12.3. The summed E-state index contributed by atoms with van der Waals surface area (Å²) in [6.45, 7) is 3.54. The van der Waals surface area contributed by atoms with Gasteiger partial charge in [0.2, 0.25) is 21.8 Å². The molecule has 0 aliphatic heterocycles. The van der Waals surface area contributed by atoms with Crippen LogP contribution in [-0.2, 0) is 26.0 Å². The number of hydrogen-bond acceptors (Lipinski definition) is 4. The van der Waals surface area contributed by atoms with Crippen LogP contribution in [0.25, 0.3) is 0 Å². The number of rotatable bonds is 10. The molecular weight excluding hydrogens is 473 g/mol. The van der Waals surface area contributed by atoms with Crippen molar-refractivity contribution < 1.29 is 18.0 Å². The van der Waals surface area contributed by atoms with Gasteiger partial charge >= 0.3 is 0 Å². The van der Waals surface area contributed by atoms with Crippen LogP contribution in [0, 0.1) is 0 Å². The highest BCUT2D eigenvalue weighted by molar-refractivity contribution is 7.92. The predicted octanol–water partition coefficient (Wildman–Crippen LogP) is 3.36. The molecule has 10 heteroatoms. The van der Waals surface area contributed by atoms with E-state index in [0.717, 1.165) is 16.1 Å². The van der Waals surface area contributed by atoms with E-state index in [-0.39, 0.29) is 28.2 Å². The summed E-state index contributed by atoms with van der Waals surface area (Å²) in [6.07, 6.45) is 1.49. The molecule has 0 heterocycles. The van der Waals surface area contributed by atoms with Gasteiger partial charge in [-0.1, -0.05) is 59.6 Å². The summed E-state index contributed by atoms with van der Waals surface area (Å²) in [5, 5.41) is 2.90. The summed E-state index contributed by atoms with van der Waals surface area (Å²) in [7, 11) is -3.87. The second-order valence-corrected chi connectivity index (χ2v) is 9.93. The third-order valence-electron chi connectivity index (χ3n) is 4.88. The van der Waals surface area contributed by atoms with Crippen LogP contribution in [-0.4, -0.2) is 57.1 Å². The van der Waals surface area contributed by atoms with E-state index in [1.54, 1.807) is 19.9 Å². The molecule has 32 heavy (non-hydrogen) atoms. The van der Waals surface area contributed by atoms with E-state index in [9.17, 15) is 18.0 Å². The number of sulfonamides is 1. The first-order valence-corrected chi connectivity index (χ1v) is 12.7. The van der Waals surface area contributed by atoms with E-state index in [2.05, 4.69) is 5.32 Å². The van der Waals surface area contributed by atoms with E-state index in [1.807, 2.05) is 30.3 Å². The zero-order chi connectivity index (χ0) is 23.9. The smallest absolute Gasteiger partial charge is 0.244 e. The molecule has 2 aromatic rings. The zero-order valence-corrected chi connectivity index (χ0v) is 20.5. The molecule has 0 saturated carbocycles. The molecule has 0 aliphatic rings. The summed E-state index contributed by atoms with van der Waals surface area (Å²) in [5.41, 5.74) is 1.09. The molecule has 7 nitrogen and oxygen atoms in total. The van der Waals surface area contributed by atoms with Crippen LogP contribution in [0.5, 0.6) is 0 Å². The van der Waals surface area contributed by atoms with Gasteiger partial charge in [-0.05, 0) is 38.0 Å². The van der Waals surface area contributed by atoms with E-state index in [1.165, 1.54) is 17.0 Å². The van der Waals surface area contributed by atoms with Crippen LogP contribution in [0.2, 0.25) is 10.0 Å². The minimum atomic E-state index is -3.87. The molecule has 1 N–H and O–H groups in total. The van der Waals surface area contributed by atoms with Gasteiger partial charge in [0.25, 0.3) is 0 Å². The number of halogens is 2. The highest BCUT2D eigenvalue weighted by atomic mass is 35.5. The van der Waals surface area contributed by atoms with Gasteiger partial charge in [-0.3, -0.25) is 13.9 Å². The van der Waals surface area contributed by atoms with E-state index < -0.39 is 28.5 Å². The second kappa shape index (κ2) is 11.5. The van der Waals surface area contributed by atoms with Gasteiger partial charge < -0.3 is 10.2 Å². The highest BCUT2D eigenvalue weighted by Crippen LogP contribution is 2.33. The standard InChI is InChI=1S/C22H27Cl2N3O4S/c1-4-25-22(29)16(2)26(14-13-17-9-6-5-7-10-17)20(28)15-27(32(3,30)31)19-12-8-11-18(23)21(19)24/h5-12,16H,4,13-15H2,1-3H3,(H,25,29). The molecule has 0 spiro atoms. The van der Waals surface area contributed by atoms with Crippen LogP contribution in [0.15, 0.2) is 48.5 Å². The zero-order valence-electron chi connectivity index (χ0n) is 18.2. The molecule has 2 aromatic carbocycles. The normalized spacial score (nSPS) is 12.2. The van der Waals surface area contributed by atoms with Crippen molar-refractivity contribution in [1.82, 2.24) is 10.2 Å². The van der Waals surface area contributed by atoms with Crippen LogP contribution >= 0.6 is 23.2 Å². The fourth-order valence-corrected chi connectivity index (χ4v) is 4.47. The SMILES string of the molecule is CCNC(=O)C(C)N(CCc1ccccc1)C(=O)CN(c1cccc(Cl)c1Cl)S(C)(=O)=O. The molecular formula is C22H27Cl2N3O4S. The number of benzene rings is 2. The fourth-order valence-electron chi connectivity index (χ4n) is 3.17.